The van der Waals surface area contributed by atoms with Crippen LogP contribution in [0.25, 0.3) is 11.3 Å². The molecule has 1 saturated heterocycles. The lowest BCUT2D eigenvalue weighted by Gasteiger charge is -2.32. The second kappa shape index (κ2) is 6.24. The van der Waals surface area contributed by atoms with Crippen LogP contribution in [0.1, 0.15) is 36.6 Å². The summed E-state index contributed by atoms with van der Waals surface area (Å²) in [7, 11) is 0. The first kappa shape index (κ1) is 14.7. The molecule has 0 bridgehead atoms. The molecule has 22 heavy (non-hydrogen) atoms. The summed E-state index contributed by atoms with van der Waals surface area (Å²) >= 11 is 3.95. The standard InChI is InChI=1S/C16H15N3O2S/c17-10-11-4-3-5-12(8-11)15-9-13(18-21-15)14-6-1-2-7-19(14)16(20)22/h3-5,8-9,14H,1-2,6-7H2,(H,20,22)/t14-/m1/s1. The Morgan fingerprint density at radius 1 is 1.41 bits per heavy atom. The van der Waals surface area contributed by atoms with E-state index in [1.807, 2.05) is 12.1 Å². The maximum absolute atomic E-state index is 11.6. The predicted octanol–water partition coefficient (Wildman–Crippen LogP) is 3.79. The first-order valence-corrected chi connectivity index (χ1v) is 7.60. The monoisotopic (exact) mass is 313 g/mol. The molecule has 0 spiro atoms. The van der Waals surface area contributed by atoms with Crippen molar-refractivity contribution >= 4 is 17.9 Å². The highest BCUT2D eigenvalue weighted by Gasteiger charge is 2.29. The van der Waals surface area contributed by atoms with Gasteiger partial charge in [-0.2, -0.15) is 5.26 Å². The summed E-state index contributed by atoms with van der Waals surface area (Å²) < 4.78 is 5.41. The molecule has 2 aromatic rings. The van der Waals surface area contributed by atoms with Crippen LogP contribution in [-0.4, -0.2) is 21.8 Å². The van der Waals surface area contributed by atoms with E-state index in [4.69, 9.17) is 9.78 Å². The molecule has 6 heteroatoms. The quantitative estimate of drug-likeness (QED) is 0.856. The molecule has 1 aliphatic rings. The minimum absolute atomic E-state index is 0.0876. The maximum Gasteiger partial charge on any atom is 0.279 e. The Kier molecular flexibility index (Phi) is 4.16. The van der Waals surface area contributed by atoms with Crippen LogP contribution >= 0.6 is 12.6 Å². The molecule has 1 atom stereocenters. The van der Waals surface area contributed by atoms with Gasteiger partial charge < -0.3 is 9.42 Å². The molecule has 2 heterocycles. The number of rotatable bonds is 2. The number of carbonyl (C=O) groups excluding carboxylic acids is 1. The van der Waals surface area contributed by atoms with Gasteiger partial charge in [0.1, 0.15) is 5.69 Å². The topological polar surface area (TPSA) is 70.1 Å². The third-order valence-corrected chi connectivity index (χ3v) is 4.15. The van der Waals surface area contributed by atoms with Gasteiger partial charge in [0.05, 0.1) is 17.7 Å². The number of likely N-dealkylation sites (tertiary alicyclic amines) is 1. The van der Waals surface area contributed by atoms with Crippen molar-refractivity contribution in [2.45, 2.75) is 25.3 Å². The lowest BCUT2D eigenvalue weighted by atomic mass is 9.99. The van der Waals surface area contributed by atoms with Gasteiger partial charge in [-0.25, -0.2) is 0 Å². The summed E-state index contributed by atoms with van der Waals surface area (Å²) in [6.45, 7) is 0.694. The number of aromatic nitrogens is 1. The Labute approximate surface area is 133 Å². The van der Waals surface area contributed by atoms with Gasteiger partial charge in [-0.3, -0.25) is 4.79 Å². The molecular formula is C16H15N3O2S. The van der Waals surface area contributed by atoms with Crippen molar-refractivity contribution < 1.29 is 9.32 Å². The van der Waals surface area contributed by atoms with Gasteiger partial charge in [0.15, 0.2) is 5.76 Å². The van der Waals surface area contributed by atoms with E-state index in [1.165, 1.54) is 0 Å². The highest BCUT2D eigenvalue weighted by atomic mass is 32.1. The van der Waals surface area contributed by atoms with Gasteiger partial charge >= 0.3 is 0 Å². The Morgan fingerprint density at radius 3 is 3.05 bits per heavy atom. The van der Waals surface area contributed by atoms with Crippen LogP contribution in [0.15, 0.2) is 34.9 Å². The maximum atomic E-state index is 11.6. The van der Waals surface area contributed by atoms with E-state index in [-0.39, 0.29) is 11.3 Å². The molecule has 1 amide bonds. The number of benzene rings is 1. The third kappa shape index (κ3) is 2.85. The minimum Gasteiger partial charge on any atom is -0.356 e. The number of hydrogen-bond acceptors (Lipinski definition) is 4. The van der Waals surface area contributed by atoms with Crippen molar-refractivity contribution in [1.29, 1.82) is 5.26 Å². The van der Waals surface area contributed by atoms with E-state index >= 15 is 0 Å². The Bertz CT molecular complexity index is 735. The number of nitrogens with zero attached hydrogens (tertiary/aromatic N) is 3. The van der Waals surface area contributed by atoms with Crippen molar-refractivity contribution in [3.8, 4) is 17.4 Å². The summed E-state index contributed by atoms with van der Waals surface area (Å²) in [4.78, 5) is 13.4. The van der Waals surface area contributed by atoms with Crippen molar-refractivity contribution in [2.75, 3.05) is 6.54 Å². The van der Waals surface area contributed by atoms with E-state index in [2.05, 4.69) is 23.9 Å². The lowest BCUT2D eigenvalue weighted by molar-refractivity contribution is 0.170. The van der Waals surface area contributed by atoms with Gasteiger partial charge in [-0.15, -0.1) is 0 Å². The zero-order valence-electron chi connectivity index (χ0n) is 11.9. The molecule has 1 aliphatic heterocycles. The van der Waals surface area contributed by atoms with Crippen LogP contribution in [0.5, 0.6) is 0 Å². The zero-order valence-corrected chi connectivity index (χ0v) is 12.8. The summed E-state index contributed by atoms with van der Waals surface area (Å²) in [6.07, 6.45) is 2.89. The van der Waals surface area contributed by atoms with Crippen LogP contribution in [0.4, 0.5) is 4.79 Å². The molecule has 3 rings (SSSR count). The molecule has 112 valence electrons. The number of nitriles is 1. The molecule has 0 radical (unpaired) electrons. The van der Waals surface area contributed by atoms with E-state index < -0.39 is 0 Å². The lowest BCUT2D eigenvalue weighted by Crippen LogP contribution is -2.35. The summed E-state index contributed by atoms with van der Waals surface area (Å²) in [6, 6.07) is 11.0. The summed E-state index contributed by atoms with van der Waals surface area (Å²) in [5.74, 6) is 0.601. The van der Waals surface area contributed by atoms with E-state index in [9.17, 15) is 4.79 Å². The molecule has 0 N–H and O–H groups in total. The molecule has 1 aromatic heterocycles. The molecule has 0 unspecified atom stereocenters. The van der Waals surface area contributed by atoms with Crippen molar-refractivity contribution in [3.05, 3.63) is 41.6 Å². The smallest absolute Gasteiger partial charge is 0.279 e. The number of piperidine rings is 1. The van der Waals surface area contributed by atoms with Crippen molar-refractivity contribution in [3.63, 3.8) is 0 Å². The van der Waals surface area contributed by atoms with Gasteiger partial charge in [0.25, 0.3) is 5.24 Å². The molecule has 1 fully saturated rings. The SMILES string of the molecule is N#Cc1cccc(-c2cc([C@H]3CCCCN3C(=O)S)no2)c1. The van der Waals surface area contributed by atoms with Gasteiger partial charge in [0, 0.05) is 18.2 Å². The minimum atomic E-state index is -0.235. The van der Waals surface area contributed by atoms with Crippen LogP contribution in [0.2, 0.25) is 0 Å². The van der Waals surface area contributed by atoms with Crippen LogP contribution in [0.3, 0.4) is 0 Å². The number of amides is 1. The van der Waals surface area contributed by atoms with Crippen LogP contribution < -0.4 is 0 Å². The normalized spacial score (nSPS) is 18.0. The molecular weight excluding hydrogens is 298 g/mol. The molecule has 5 nitrogen and oxygen atoms in total. The summed E-state index contributed by atoms with van der Waals surface area (Å²) in [5, 5.41) is 12.8. The molecule has 1 aromatic carbocycles. The first-order valence-electron chi connectivity index (χ1n) is 7.16. The fraction of sp³-hybridized carbons (Fsp3) is 0.312. The van der Waals surface area contributed by atoms with Crippen LogP contribution in [-0.2, 0) is 0 Å². The zero-order chi connectivity index (χ0) is 15.5. The highest BCUT2D eigenvalue weighted by Crippen LogP contribution is 2.33. The van der Waals surface area contributed by atoms with Gasteiger partial charge in [-0.05, 0) is 31.4 Å². The van der Waals surface area contributed by atoms with E-state index in [0.29, 0.717) is 17.9 Å². The second-order valence-electron chi connectivity index (χ2n) is 5.30. The predicted molar refractivity (Wildman–Crippen MR) is 84.3 cm³/mol. The molecule has 0 saturated carbocycles. The first-order chi connectivity index (χ1) is 10.7. The number of hydrogen-bond donors (Lipinski definition) is 1. The van der Waals surface area contributed by atoms with Crippen molar-refractivity contribution in [2.24, 2.45) is 0 Å². The van der Waals surface area contributed by atoms with Crippen molar-refractivity contribution in [1.82, 2.24) is 10.1 Å². The third-order valence-electron chi connectivity index (χ3n) is 3.89. The van der Waals surface area contributed by atoms with E-state index in [1.54, 1.807) is 23.1 Å². The number of carbonyl (C=O) groups is 1. The fourth-order valence-corrected chi connectivity index (χ4v) is 3.03. The van der Waals surface area contributed by atoms with E-state index in [0.717, 1.165) is 30.5 Å². The Hall–Kier alpha value is -2.26. The van der Waals surface area contributed by atoms with Gasteiger partial charge in [0.2, 0.25) is 0 Å². The second-order valence-corrected chi connectivity index (χ2v) is 5.68. The average molecular weight is 313 g/mol. The summed E-state index contributed by atoms with van der Waals surface area (Å²) in [5.41, 5.74) is 2.11. The molecule has 0 aliphatic carbocycles. The Morgan fingerprint density at radius 2 is 2.27 bits per heavy atom. The van der Waals surface area contributed by atoms with Crippen LogP contribution in [0, 0.1) is 11.3 Å². The average Bonchev–Trinajstić information content (AvgIpc) is 3.05. The highest BCUT2D eigenvalue weighted by molar-refractivity contribution is 7.96. The number of thiol groups is 1. The Balaban J connectivity index is 1.89. The largest absolute Gasteiger partial charge is 0.356 e. The van der Waals surface area contributed by atoms with Gasteiger partial charge in [-0.1, -0.05) is 29.9 Å². The fourth-order valence-electron chi connectivity index (χ4n) is 2.79.